The summed E-state index contributed by atoms with van der Waals surface area (Å²) in [5, 5.41) is 3.51. The van der Waals surface area contributed by atoms with Gasteiger partial charge in [0.1, 0.15) is 5.78 Å². The minimum Gasteiger partial charge on any atom is -0.384 e. The number of para-hydroxylation sites is 1. The summed E-state index contributed by atoms with van der Waals surface area (Å²) in [6.07, 6.45) is 7.79. The zero-order valence-electron chi connectivity index (χ0n) is 13.4. The average molecular weight is 295 g/mol. The van der Waals surface area contributed by atoms with Crippen LogP contribution in [-0.4, -0.2) is 12.3 Å². The van der Waals surface area contributed by atoms with Crippen molar-refractivity contribution in [2.24, 2.45) is 23.2 Å². The third-order valence-electron chi connectivity index (χ3n) is 7.04. The topological polar surface area (TPSA) is 29.1 Å². The fraction of sp³-hybridized carbons (Fsp3) is 0.650. The molecule has 0 aromatic heterocycles. The molecule has 116 valence electrons. The fourth-order valence-corrected chi connectivity index (χ4v) is 6.55. The van der Waals surface area contributed by atoms with Crippen LogP contribution < -0.4 is 5.32 Å². The molecule has 0 saturated heterocycles. The first kappa shape index (κ1) is 13.2. The van der Waals surface area contributed by atoms with Crippen molar-refractivity contribution < 1.29 is 4.79 Å². The van der Waals surface area contributed by atoms with Crippen molar-refractivity contribution in [1.29, 1.82) is 0 Å². The lowest BCUT2D eigenvalue weighted by Crippen LogP contribution is -2.51. The van der Waals surface area contributed by atoms with E-state index >= 15 is 0 Å². The van der Waals surface area contributed by atoms with Crippen molar-refractivity contribution in [2.45, 2.75) is 51.4 Å². The van der Waals surface area contributed by atoms with Crippen molar-refractivity contribution in [2.75, 3.05) is 11.9 Å². The summed E-state index contributed by atoms with van der Waals surface area (Å²) < 4.78 is 0. The molecule has 4 saturated carbocycles. The zero-order chi connectivity index (χ0) is 14.9. The molecule has 0 spiro atoms. The third kappa shape index (κ3) is 1.70. The van der Waals surface area contributed by atoms with Crippen LogP contribution in [0.25, 0.3) is 0 Å². The predicted octanol–water partition coefficient (Wildman–Crippen LogP) is 4.29. The second-order valence-electron chi connectivity index (χ2n) is 8.53. The van der Waals surface area contributed by atoms with Crippen LogP contribution >= 0.6 is 0 Å². The summed E-state index contributed by atoms with van der Waals surface area (Å²) in [4.78, 5) is 13.5. The third-order valence-corrected chi connectivity index (χ3v) is 7.04. The van der Waals surface area contributed by atoms with E-state index in [-0.39, 0.29) is 11.3 Å². The molecule has 4 bridgehead atoms. The van der Waals surface area contributed by atoms with Crippen LogP contribution in [0.2, 0.25) is 0 Å². The highest BCUT2D eigenvalue weighted by Gasteiger charge is 2.56. The summed E-state index contributed by atoms with van der Waals surface area (Å²) in [7, 11) is 0. The number of hydrogen-bond acceptors (Lipinski definition) is 2. The Bertz CT molecular complexity index is 612. The highest BCUT2D eigenvalue weighted by Crippen LogP contribution is 2.61. The molecule has 5 aliphatic rings. The lowest BCUT2D eigenvalue weighted by molar-refractivity contribution is -0.145. The molecule has 4 fully saturated rings. The van der Waals surface area contributed by atoms with Crippen LogP contribution in [0.5, 0.6) is 0 Å². The summed E-state index contributed by atoms with van der Waals surface area (Å²) in [5.41, 5.74) is 3.80. The van der Waals surface area contributed by atoms with Crippen LogP contribution in [0.1, 0.15) is 55.6 Å². The minimum absolute atomic E-state index is 0.0342. The largest absolute Gasteiger partial charge is 0.384 e. The van der Waals surface area contributed by atoms with Gasteiger partial charge in [-0.1, -0.05) is 18.2 Å². The Kier molecular flexibility index (Phi) is 2.61. The summed E-state index contributed by atoms with van der Waals surface area (Å²) in [5.74, 6) is 3.22. The maximum Gasteiger partial charge on any atom is 0.148 e. The molecule has 1 atom stereocenters. The van der Waals surface area contributed by atoms with E-state index in [1.54, 1.807) is 0 Å². The van der Waals surface area contributed by atoms with Gasteiger partial charge < -0.3 is 5.32 Å². The number of anilines is 1. The van der Waals surface area contributed by atoms with Gasteiger partial charge in [-0.05, 0) is 74.3 Å². The summed E-state index contributed by atoms with van der Waals surface area (Å²) >= 11 is 0. The van der Waals surface area contributed by atoms with Crippen molar-refractivity contribution in [3.63, 3.8) is 0 Å². The van der Waals surface area contributed by atoms with Gasteiger partial charge in [0.25, 0.3) is 0 Å². The van der Waals surface area contributed by atoms with Gasteiger partial charge in [-0.25, -0.2) is 0 Å². The molecule has 22 heavy (non-hydrogen) atoms. The standard InChI is InChI=1S/C20H25NO/c1-12-3-2-4-16-17(11-21-18(12)16)19(22)20-8-13-5-14(9-20)7-15(6-13)10-20/h2-4,13-15,17,21H,5-11H2,1H3. The van der Waals surface area contributed by atoms with E-state index in [2.05, 4.69) is 30.4 Å². The molecule has 1 heterocycles. The van der Waals surface area contributed by atoms with E-state index in [4.69, 9.17) is 0 Å². The van der Waals surface area contributed by atoms with E-state index in [0.29, 0.717) is 5.78 Å². The Labute approximate surface area is 132 Å². The van der Waals surface area contributed by atoms with Crippen molar-refractivity contribution in [3.05, 3.63) is 29.3 Å². The molecule has 0 radical (unpaired) electrons. The highest BCUT2D eigenvalue weighted by molar-refractivity contribution is 5.95. The predicted molar refractivity (Wildman–Crippen MR) is 88.0 cm³/mol. The molecule has 1 aliphatic heterocycles. The number of ketones is 1. The SMILES string of the molecule is Cc1cccc2c1NCC2C(=O)C12CC3CC(CC(C3)C1)C2. The first-order valence-corrected chi connectivity index (χ1v) is 9.02. The molecule has 2 heteroatoms. The molecule has 1 aromatic rings. The Morgan fingerprint density at radius 1 is 1.09 bits per heavy atom. The van der Waals surface area contributed by atoms with Crippen LogP contribution in [0.3, 0.4) is 0 Å². The number of nitrogens with one attached hydrogen (secondary N) is 1. The molecule has 1 aromatic carbocycles. The Morgan fingerprint density at radius 3 is 2.36 bits per heavy atom. The van der Waals surface area contributed by atoms with Crippen molar-refractivity contribution in [1.82, 2.24) is 0 Å². The van der Waals surface area contributed by atoms with E-state index < -0.39 is 0 Å². The molecule has 2 nitrogen and oxygen atoms in total. The van der Waals surface area contributed by atoms with Crippen LogP contribution in [0.15, 0.2) is 18.2 Å². The zero-order valence-corrected chi connectivity index (χ0v) is 13.4. The smallest absolute Gasteiger partial charge is 0.148 e. The van der Waals surface area contributed by atoms with Crippen LogP contribution in [-0.2, 0) is 4.79 Å². The quantitative estimate of drug-likeness (QED) is 0.882. The molecule has 1 N–H and O–H groups in total. The molecule has 6 rings (SSSR count). The lowest BCUT2D eigenvalue weighted by Gasteiger charge is -2.56. The number of hydrogen-bond donors (Lipinski definition) is 1. The number of benzene rings is 1. The van der Waals surface area contributed by atoms with Crippen molar-refractivity contribution >= 4 is 11.5 Å². The first-order chi connectivity index (χ1) is 10.6. The van der Waals surface area contributed by atoms with Gasteiger partial charge in [0.2, 0.25) is 0 Å². The van der Waals surface area contributed by atoms with Crippen LogP contribution in [0.4, 0.5) is 5.69 Å². The number of carbonyl (C=O) groups is 1. The molecule has 4 aliphatic carbocycles. The van der Waals surface area contributed by atoms with Gasteiger partial charge in [-0.15, -0.1) is 0 Å². The summed E-state index contributed by atoms with van der Waals surface area (Å²) in [6.45, 7) is 2.96. The molecular weight excluding hydrogens is 270 g/mol. The number of rotatable bonds is 2. The number of carbonyl (C=O) groups excluding carboxylic acids is 1. The van der Waals surface area contributed by atoms with Gasteiger partial charge in [0, 0.05) is 17.6 Å². The number of fused-ring (bicyclic) bond motifs is 1. The van der Waals surface area contributed by atoms with Gasteiger partial charge in [0.05, 0.1) is 5.92 Å². The van der Waals surface area contributed by atoms with E-state index in [1.807, 2.05) is 0 Å². The van der Waals surface area contributed by atoms with E-state index in [1.165, 1.54) is 55.3 Å². The number of aryl methyl sites for hydroxylation is 1. The maximum atomic E-state index is 13.5. The Hall–Kier alpha value is -1.31. The van der Waals surface area contributed by atoms with Gasteiger partial charge in [-0.3, -0.25) is 4.79 Å². The second-order valence-corrected chi connectivity index (χ2v) is 8.53. The van der Waals surface area contributed by atoms with Gasteiger partial charge >= 0.3 is 0 Å². The molecular formula is C20H25NO. The van der Waals surface area contributed by atoms with Gasteiger partial charge in [0.15, 0.2) is 0 Å². The Morgan fingerprint density at radius 2 is 1.73 bits per heavy atom. The van der Waals surface area contributed by atoms with Gasteiger partial charge in [-0.2, -0.15) is 0 Å². The minimum atomic E-state index is 0.0342. The normalized spacial score (nSPS) is 41.3. The monoisotopic (exact) mass is 295 g/mol. The maximum absolute atomic E-state index is 13.5. The van der Waals surface area contributed by atoms with E-state index in [0.717, 1.165) is 24.3 Å². The van der Waals surface area contributed by atoms with Crippen LogP contribution in [0, 0.1) is 30.1 Å². The highest BCUT2D eigenvalue weighted by atomic mass is 16.1. The van der Waals surface area contributed by atoms with Crippen molar-refractivity contribution in [3.8, 4) is 0 Å². The number of Topliss-reactive ketones (excluding diaryl/α,β-unsaturated/α-hetero) is 1. The second kappa shape index (κ2) is 4.37. The summed E-state index contributed by atoms with van der Waals surface area (Å²) in [6, 6.07) is 6.43. The molecule has 1 unspecified atom stereocenters. The molecule has 0 amide bonds. The fourth-order valence-electron chi connectivity index (χ4n) is 6.55. The first-order valence-electron chi connectivity index (χ1n) is 9.02. The lowest BCUT2D eigenvalue weighted by atomic mass is 9.47. The average Bonchev–Trinajstić information content (AvgIpc) is 2.90. The Balaban J connectivity index is 1.50. The van der Waals surface area contributed by atoms with E-state index in [9.17, 15) is 4.79 Å².